The molecule has 1 aromatic rings. The van der Waals surface area contributed by atoms with E-state index in [2.05, 4.69) is 4.72 Å². The number of anilines is 1. The molecule has 0 saturated heterocycles. The summed E-state index contributed by atoms with van der Waals surface area (Å²) in [7, 11) is -1.95. The first-order chi connectivity index (χ1) is 8.49. The van der Waals surface area contributed by atoms with E-state index in [1.807, 2.05) is 0 Å². The highest BCUT2D eigenvalue weighted by molar-refractivity contribution is 7.89. The van der Waals surface area contributed by atoms with Gasteiger partial charge in [0.25, 0.3) is 0 Å². The number of methoxy groups -OCH3 is 1. The Balaban J connectivity index is 2.11. The van der Waals surface area contributed by atoms with E-state index in [9.17, 15) is 8.42 Å². The number of sulfonamides is 1. The summed E-state index contributed by atoms with van der Waals surface area (Å²) in [5, 5.41) is 0. The zero-order chi connectivity index (χ0) is 13.2. The van der Waals surface area contributed by atoms with Gasteiger partial charge in [0.05, 0.1) is 11.3 Å². The van der Waals surface area contributed by atoms with Crippen LogP contribution in [0.3, 0.4) is 0 Å². The molecule has 0 bridgehead atoms. The first kappa shape index (κ1) is 13.3. The van der Waals surface area contributed by atoms with Crippen LogP contribution in [-0.4, -0.2) is 27.7 Å². The van der Waals surface area contributed by atoms with E-state index in [4.69, 9.17) is 10.5 Å². The number of para-hydroxylation sites is 1. The quantitative estimate of drug-likeness (QED) is 0.785. The second kappa shape index (κ2) is 4.87. The van der Waals surface area contributed by atoms with E-state index in [-0.39, 0.29) is 16.2 Å². The van der Waals surface area contributed by atoms with Crippen molar-refractivity contribution in [3.05, 3.63) is 24.3 Å². The van der Waals surface area contributed by atoms with Gasteiger partial charge in [0.15, 0.2) is 0 Å². The highest BCUT2D eigenvalue weighted by atomic mass is 32.2. The Morgan fingerprint density at radius 2 is 2.06 bits per heavy atom. The third-order valence-electron chi connectivity index (χ3n) is 3.49. The second-order valence-electron chi connectivity index (χ2n) is 4.60. The minimum absolute atomic E-state index is 0.121. The molecule has 0 aliphatic heterocycles. The second-order valence-corrected chi connectivity index (χ2v) is 6.34. The molecule has 0 spiro atoms. The maximum Gasteiger partial charge on any atom is 0.242 e. The molecule has 18 heavy (non-hydrogen) atoms. The highest BCUT2D eigenvalue weighted by Crippen LogP contribution is 2.34. The van der Waals surface area contributed by atoms with Crippen molar-refractivity contribution in [1.29, 1.82) is 0 Å². The van der Waals surface area contributed by atoms with Crippen LogP contribution in [0.15, 0.2) is 29.2 Å². The highest BCUT2D eigenvalue weighted by Gasteiger charge is 2.38. The number of hydrogen-bond acceptors (Lipinski definition) is 4. The molecular formula is C12H18N2O3S. The largest absolute Gasteiger partial charge is 0.398 e. The monoisotopic (exact) mass is 270 g/mol. The lowest BCUT2D eigenvalue weighted by Crippen LogP contribution is -2.49. The van der Waals surface area contributed by atoms with Crippen LogP contribution >= 0.6 is 0 Å². The van der Waals surface area contributed by atoms with Crippen LogP contribution in [0.4, 0.5) is 5.69 Å². The lowest BCUT2D eigenvalue weighted by Gasteiger charge is -2.40. The molecule has 0 atom stereocenters. The minimum atomic E-state index is -3.57. The molecule has 2 rings (SSSR count). The minimum Gasteiger partial charge on any atom is -0.398 e. The molecule has 6 heteroatoms. The molecule has 1 fully saturated rings. The van der Waals surface area contributed by atoms with Crippen molar-refractivity contribution >= 4 is 15.7 Å². The Kier molecular flexibility index (Phi) is 3.61. The summed E-state index contributed by atoms with van der Waals surface area (Å²) in [4.78, 5) is 0.121. The number of benzene rings is 1. The van der Waals surface area contributed by atoms with E-state index in [0.717, 1.165) is 19.3 Å². The summed E-state index contributed by atoms with van der Waals surface area (Å²) < 4.78 is 32.2. The molecule has 0 amide bonds. The van der Waals surface area contributed by atoms with Gasteiger partial charge < -0.3 is 10.5 Å². The molecule has 1 aliphatic carbocycles. The Labute approximate surface area is 107 Å². The molecule has 1 saturated carbocycles. The van der Waals surface area contributed by atoms with E-state index < -0.39 is 10.0 Å². The number of rotatable bonds is 5. The number of hydrogen-bond donors (Lipinski definition) is 2. The van der Waals surface area contributed by atoms with Gasteiger partial charge in [-0.05, 0) is 31.4 Å². The zero-order valence-electron chi connectivity index (χ0n) is 10.3. The predicted octanol–water partition coefficient (Wildman–Crippen LogP) is 1.12. The van der Waals surface area contributed by atoms with Crippen LogP contribution in [0.1, 0.15) is 19.3 Å². The van der Waals surface area contributed by atoms with Gasteiger partial charge in [-0.2, -0.15) is 0 Å². The van der Waals surface area contributed by atoms with Crippen molar-refractivity contribution in [1.82, 2.24) is 4.72 Å². The summed E-state index contributed by atoms with van der Waals surface area (Å²) in [6.45, 7) is 0.292. The van der Waals surface area contributed by atoms with Crippen LogP contribution in [0.5, 0.6) is 0 Å². The molecular weight excluding hydrogens is 252 g/mol. The topological polar surface area (TPSA) is 81.4 Å². The lowest BCUT2D eigenvalue weighted by atomic mass is 9.80. The van der Waals surface area contributed by atoms with Gasteiger partial charge in [-0.15, -0.1) is 0 Å². The third-order valence-corrected chi connectivity index (χ3v) is 4.97. The summed E-state index contributed by atoms with van der Waals surface area (Å²) in [6.07, 6.45) is 2.84. The summed E-state index contributed by atoms with van der Waals surface area (Å²) in [5.41, 5.74) is 5.59. The molecule has 3 N–H and O–H groups in total. The standard InChI is InChI=1S/C12H18N2O3S/c1-17-12(7-4-8-12)9-14-18(15,16)11-6-3-2-5-10(11)13/h2-3,5-6,14H,4,7-9,13H2,1H3. The fraction of sp³-hybridized carbons (Fsp3) is 0.500. The Morgan fingerprint density at radius 3 is 2.56 bits per heavy atom. The fourth-order valence-corrected chi connectivity index (χ4v) is 3.30. The van der Waals surface area contributed by atoms with Gasteiger partial charge in [-0.3, -0.25) is 0 Å². The zero-order valence-corrected chi connectivity index (χ0v) is 11.2. The van der Waals surface area contributed by atoms with Gasteiger partial charge in [-0.1, -0.05) is 12.1 Å². The third kappa shape index (κ3) is 2.50. The molecule has 0 unspecified atom stereocenters. The molecule has 0 radical (unpaired) electrons. The summed E-state index contributed by atoms with van der Waals surface area (Å²) >= 11 is 0. The smallest absolute Gasteiger partial charge is 0.242 e. The molecule has 0 aromatic heterocycles. The van der Waals surface area contributed by atoms with Crippen LogP contribution in [0.25, 0.3) is 0 Å². The lowest BCUT2D eigenvalue weighted by molar-refractivity contribution is -0.0659. The summed E-state index contributed by atoms with van der Waals surface area (Å²) in [6, 6.07) is 6.43. The van der Waals surface area contributed by atoms with Crippen molar-refractivity contribution < 1.29 is 13.2 Å². The number of nitrogens with one attached hydrogen (secondary N) is 1. The average molecular weight is 270 g/mol. The van der Waals surface area contributed by atoms with E-state index >= 15 is 0 Å². The average Bonchev–Trinajstić information content (AvgIpc) is 2.28. The van der Waals surface area contributed by atoms with Crippen molar-refractivity contribution in [2.75, 3.05) is 19.4 Å². The van der Waals surface area contributed by atoms with E-state index in [1.54, 1.807) is 25.3 Å². The molecule has 1 aliphatic rings. The normalized spacial score (nSPS) is 18.3. The molecule has 1 aromatic carbocycles. The first-order valence-electron chi connectivity index (χ1n) is 5.88. The SMILES string of the molecule is COC1(CNS(=O)(=O)c2ccccc2N)CCC1. The van der Waals surface area contributed by atoms with Crippen molar-refractivity contribution in [3.8, 4) is 0 Å². The summed E-state index contributed by atoms with van der Waals surface area (Å²) in [5.74, 6) is 0. The Bertz CT molecular complexity index is 518. The fourth-order valence-electron chi connectivity index (χ4n) is 2.05. The molecule has 5 nitrogen and oxygen atoms in total. The first-order valence-corrected chi connectivity index (χ1v) is 7.37. The Morgan fingerprint density at radius 1 is 1.39 bits per heavy atom. The maximum absolute atomic E-state index is 12.1. The van der Waals surface area contributed by atoms with Crippen molar-refractivity contribution in [2.24, 2.45) is 0 Å². The van der Waals surface area contributed by atoms with E-state index in [0.29, 0.717) is 6.54 Å². The van der Waals surface area contributed by atoms with Crippen molar-refractivity contribution in [3.63, 3.8) is 0 Å². The van der Waals surface area contributed by atoms with Gasteiger partial charge >= 0.3 is 0 Å². The number of nitrogen functional groups attached to an aromatic ring is 1. The number of ether oxygens (including phenoxy) is 1. The van der Waals surface area contributed by atoms with Crippen LogP contribution in [0.2, 0.25) is 0 Å². The van der Waals surface area contributed by atoms with E-state index in [1.165, 1.54) is 6.07 Å². The van der Waals surface area contributed by atoms with Crippen molar-refractivity contribution in [2.45, 2.75) is 29.8 Å². The van der Waals surface area contributed by atoms with Gasteiger partial charge in [0.1, 0.15) is 4.90 Å². The molecule has 0 heterocycles. The number of nitrogens with two attached hydrogens (primary N) is 1. The van der Waals surface area contributed by atoms with Gasteiger partial charge in [-0.25, -0.2) is 13.1 Å². The van der Waals surface area contributed by atoms with Crippen LogP contribution in [0, 0.1) is 0 Å². The van der Waals surface area contributed by atoms with Gasteiger partial charge in [0.2, 0.25) is 10.0 Å². The van der Waals surface area contributed by atoms with Crippen LogP contribution in [-0.2, 0) is 14.8 Å². The van der Waals surface area contributed by atoms with Crippen LogP contribution < -0.4 is 10.5 Å². The Hall–Kier alpha value is -1.11. The maximum atomic E-state index is 12.1. The predicted molar refractivity (Wildman–Crippen MR) is 69.6 cm³/mol. The molecule has 100 valence electrons. The van der Waals surface area contributed by atoms with Gasteiger partial charge in [0, 0.05) is 13.7 Å².